The van der Waals surface area contributed by atoms with Crippen LogP contribution < -0.4 is 10.6 Å². The molecule has 0 amide bonds. The maximum absolute atomic E-state index is 11.5. The molecule has 0 saturated carbocycles. The van der Waals surface area contributed by atoms with E-state index in [-0.39, 0.29) is 5.78 Å². The first-order valence-electron chi connectivity index (χ1n) is 7.62. The fourth-order valence-electron chi connectivity index (χ4n) is 2.23. The van der Waals surface area contributed by atoms with E-state index in [4.69, 9.17) is 11.6 Å². The first-order chi connectivity index (χ1) is 12.0. The molecule has 0 atom stereocenters. The quantitative estimate of drug-likeness (QED) is 0.656. The highest BCUT2D eigenvalue weighted by molar-refractivity contribution is 6.30. The standard InChI is InChI=1S/C18H16ClN5O/c1-11-6-7-14(19)9-16(11)22-18-23-17(10-20-24-18)21-15-5-3-4-13(8-15)12(2)25/h3-10H,1-2H3,(H2,21,22,23,24). The lowest BCUT2D eigenvalue weighted by Gasteiger charge is -2.10. The molecular weight excluding hydrogens is 338 g/mol. The number of carbonyl (C=O) groups excluding carboxylic acids is 1. The summed E-state index contributed by atoms with van der Waals surface area (Å²) < 4.78 is 0. The van der Waals surface area contributed by atoms with Crippen molar-refractivity contribution in [3.63, 3.8) is 0 Å². The second-order valence-electron chi connectivity index (χ2n) is 5.51. The van der Waals surface area contributed by atoms with Gasteiger partial charge in [-0.15, -0.1) is 5.10 Å². The molecule has 7 heteroatoms. The third-order valence-corrected chi connectivity index (χ3v) is 3.78. The zero-order valence-electron chi connectivity index (χ0n) is 13.7. The topological polar surface area (TPSA) is 79.8 Å². The van der Waals surface area contributed by atoms with Crippen molar-refractivity contribution in [2.45, 2.75) is 13.8 Å². The van der Waals surface area contributed by atoms with Crippen molar-refractivity contribution < 1.29 is 4.79 Å². The smallest absolute Gasteiger partial charge is 0.249 e. The van der Waals surface area contributed by atoms with Gasteiger partial charge < -0.3 is 10.6 Å². The largest absolute Gasteiger partial charge is 0.339 e. The maximum Gasteiger partial charge on any atom is 0.249 e. The Morgan fingerprint density at radius 3 is 2.76 bits per heavy atom. The van der Waals surface area contributed by atoms with Crippen molar-refractivity contribution in [2.75, 3.05) is 10.6 Å². The monoisotopic (exact) mass is 353 g/mol. The fraction of sp³-hybridized carbons (Fsp3) is 0.111. The second kappa shape index (κ2) is 7.27. The number of anilines is 4. The molecule has 126 valence electrons. The van der Waals surface area contributed by atoms with Gasteiger partial charge in [0.25, 0.3) is 0 Å². The number of Topliss-reactive ketones (excluding diaryl/α,β-unsaturated/α-hetero) is 1. The van der Waals surface area contributed by atoms with Gasteiger partial charge in [-0.1, -0.05) is 29.8 Å². The van der Waals surface area contributed by atoms with Crippen LogP contribution in [0.1, 0.15) is 22.8 Å². The van der Waals surface area contributed by atoms with Crippen LogP contribution in [0.15, 0.2) is 48.7 Å². The molecule has 2 aromatic carbocycles. The molecule has 3 aromatic rings. The first kappa shape index (κ1) is 16.9. The number of hydrogen-bond donors (Lipinski definition) is 2. The fourth-order valence-corrected chi connectivity index (χ4v) is 2.40. The molecule has 0 saturated heterocycles. The molecule has 0 fully saturated rings. The van der Waals surface area contributed by atoms with Gasteiger partial charge in [-0.3, -0.25) is 4.79 Å². The lowest BCUT2D eigenvalue weighted by atomic mass is 10.1. The van der Waals surface area contributed by atoms with E-state index in [1.807, 2.05) is 31.2 Å². The summed E-state index contributed by atoms with van der Waals surface area (Å²) in [6, 6.07) is 12.7. The van der Waals surface area contributed by atoms with Crippen molar-refractivity contribution >= 4 is 40.5 Å². The summed E-state index contributed by atoms with van der Waals surface area (Å²) >= 11 is 6.03. The zero-order chi connectivity index (χ0) is 17.8. The molecule has 1 heterocycles. The maximum atomic E-state index is 11.5. The normalized spacial score (nSPS) is 10.4. The van der Waals surface area contributed by atoms with E-state index in [0.29, 0.717) is 22.4 Å². The Morgan fingerprint density at radius 1 is 1.12 bits per heavy atom. The van der Waals surface area contributed by atoms with Gasteiger partial charge in [0, 0.05) is 22.0 Å². The van der Waals surface area contributed by atoms with Crippen LogP contribution in [0.4, 0.5) is 23.1 Å². The Labute approximate surface area is 150 Å². The Morgan fingerprint density at radius 2 is 1.96 bits per heavy atom. The van der Waals surface area contributed by atoms with Gasteiger partial charge in [-0.25, -0.2) is 0 Å². The lowest BCUT2D eigenvalue weighted by molar-refractivity contribution is 0.101. The van der Waals surface area contributed by atoms with E-state index in [1.54, 1.807) is 18.2 Å². The molecule has 2 N–H and O–H groups in total. The Hall–Kier alpha value is -2.99. The number of aromatic nitrogens is 3. The highest BCUT2D eigenvalue weighted by Gasteiger charge is 2.06. The number of ketones is 1. The summed E-state index contributed by atoms with van der Waals surface area (Å²) in [5.74, 6) is 0.860. The average molecular weight is 354 g/mol. The molecule has 0 bridgehead atoms. The molecule has 0 aliphatic heterocycles. The number of hydrogen-bond acceptors (Lipinski definition) is 6. The predicted octanol–water partition coefficient (Wildman–Crippen LogP) is 4.52. The molecule has 0 aliphatic carbocycles. The molecule has 0 spiro atoms. The predicted molar refractivity (Wildman–Crippen MR) is 99.0 cm³/mol. The van der Waals surface area contributed by atoms with Crippen molar-refractivity contribution in [2.24, 2.45) is 0 Å². The SMILES string of the molecule is CC(=O)c1cccc(Nc2cnnc(Nc3cc(Cl)ccc3C)n2)c1. The highest BCUT2D eigenvalue weighted by Crippen LogP contribution is 2.23. The Bertz CT molecular complexity index is 929. The van der Waals surface area contributed by atoms with Gasteiger partial charge in [0.1, 0.15) is 0 Å². The number of nitrogens with zero attached hydrogens (tertiary/aromatic N) is 3. The van der Waals surface area contributed by atoms with Crippen molar-refractivity contribution in [1.82, 2.24) is 15.2 Å². The van der Waals surface area contributed by atoms with Gasteiger partial charge in [0.05, 0.1) is 6.20 Å². The van der Waals surface area contributed by atoms with Crippen molar-refractivity contribution in [3.8, 4) is 0 Å². The molecule has 0 radical (unpaired) electrons. The van der Waals surface area contributed by atoms with Gasteiger partial charge in [0.2, 0.25) is 5.95 Å². The van der Waals surface area contributed by atoms with Crippen LogP contribution in [0.5, 0.6) is 0 Å². The van der Waals surface area contributed by atoms with Gasteiger partial charge >= 0.3 is 0 Å². The number of aryl methyl sites for hydroxylation is 1. The molecule has 6 nitrogen and oxygen atoms in total. The van der Waals surface area contributed by atoms with Crippen LogP contribution in [-0.2, 0) is 0 Å². The zero-order valence-corrected chi connectivity index (χ0v) is 14.5. The lowest BCUT2D eigenvalue weighted by Crippen LogP contribution is -2.03. The van der Waals surface area contributed by atoms with Gasteiger partial charge in [-0.05, 0) is 43.7 Å². The van der Waals surface area contributed by atoms with Crippen LogP contribution in [0.3, 0.4) is 0 Å². The molecule has 25 heavy (non-hydrogen) atoms. The number of rotatable bonds is 5. The molecule has 1 aromatic heterocycles. The van der Waals surface area contributed by atoms with E-state index >= 15 is 0 Å². The summed E-state index contributed by atoms with van der Waals surface area (Å²) in [5, 5.41) is 14.8. The molecular formula is C18H16ClN5O. The van der Waals surface area contributed by atoms with E-state index in [9.17, 15) is 4.79 Å². The van der Waals surface area contributed by atoms with Crippen LogP contribution in [0.2, 0.25) is 5.02 Å². The van der Waals surface area contributed by atoms with Gasteiger partial charge in [0.15, 0.2) is 11.6 Å². The highest BCUT2D eigenvalue weighted by atomic mass is 35.5. The number of carbonyl (C=O) groups is 1. The minimum Gasteiger partial charge on any atom is -0.339 e. The summed E-state index contributed by atoms with van der Waals surface area (Å²) in [6.45, 7) is 3.49. The number of halogens is 1. The summed E-state index contributed by atoms with van der Waals surface area (Å²) in [5.41, 5.74) is 3.20. The second-order valence-corrected chi connectivity index (χ2v) is 5.95. The van der Waals surface area contributed by atoms with Crippen LogP contribution in [0.25, 0.3) is 0 Å². The average Bonchev–Trinajstić information content (AvgIpc) is 2.59. The van der Waals surface area contributed by atoms with E-state index in [1.165, 1.54) is 13.1 Å². The van der Waals surface area contributed by atoms with Crippen LogP contribution in [-0.4, -0.2) is 21.0 Å². The van der Waals surface area contributed by atoms with E-state index < -0.39 is 0 Å². The van der Waals surface area contributed by atoms with Crippen LogP contribution in [0, 0.1) is 6.92 Å². The van der Waals surface area contributed by atoms with Crippen molar-refractivity contribution in [1.29, 1.82) is 0 Å². The third-order valence-electron chi connectivity index (χ3n) is 3.55. The molecule has 0 unspecified atom stereocenters. The van der Waals surface area contributed by atoms with Crippen molar-refractivity contribution in [3.05, 3.63) is 64.8 Å². The summed E-state index contributed by atoms with van der Waals surface area (Å²) in [4.78, 5) is 15.9. The minimum atomic E-state index is 0.00301. The van der Waals surface area contributed by atoms with Gasteiger partial charge in [-0.2, -0.15) is 10.1 Å². The molecule has 0 aliphatic rings. The number of benzene rings is 2. The van der Waals surface area contributed by atoms with E-state index in [0.717, 1.165) is 16.9 Å². The van der Waals surface area contributed by atoms with E-state index in [2.05, 4.69) is 25.8 Å². The summed E-state index contributed by atoms with van der Waals surface area (Å²) in [6.07, 6.45) is 1.51. The first-order valence-corrected chi connectivity index (χ1v) is 8.00. The summed E-state index contributed by atoms with van der Waals surface area (Å²) in [7, 11) is 0. The Kier molecular flexibility index (Phi) is 4.90. The molecule has 3 rings (SSSR count). The van der Waals surface area contributed by atoms with Crippen LogP contribution >= 0.6 is 11.6 Å². The number of nitrogens with one attached hydrogen (secondary N) is 2. The minimum absolute atomic E-state index is 0.00301. The Balaban J connectivity index is 1.81. The third kappa shape index (κ3) is 4.30.